The van der Waals surface area contributed by atoms with E-state index in [1.165, 1.54) is 12.1 Å². The Balaban J connectivity index is 1.51. The van der Waals surface area contributed by atoms with Crippen LogP contribution in [0, 0.1) is 5.82 Å². The van der Waals surface area contributed by atoms with Gasteiger partial charge in [-0.3, -0.25) is 4.79 Å². The zero-order valence-corrected chi connectivity index (χ0v) is 18.7. The molecule has 4 aromatic rings. The lowest BCUT2D eigenvalue weighted by atomic mass is 10.0. The predicted octanol–water partition coefficient (Wildman–Crippen LogP) is 6.01. The molecule has 32 heavy (non-hydrogen) atoms. The Morgan fingerprint density at radius 2 is 1.66 bits per heavy atom. The van der Waals surface area contributed by atoms with Crippen molar-refractivity contribution in [2.75, 3.05) is 0 Å². The van der Waals surface area contributed by atoms with Crippen LogP contribution in [0.2, 0.25) is 0 Å². The van der Waals surface area contributed by atoms with Gasteiger partial charge in [-0.1, -0.05) is 70.5 Å². The first-order chi connectivity index (χ1) is 15.6. The quantitative estimate of drug-likeness (QED) is 0.254. The van der Waals surface area contributed by atoms with Gasteiger partial charge in [-0.05, 0) is 52.2 Å². The van der Waals surface area contributed by atoms with Gasteiger partial charge in [0.05, 0.1) is 12.6 Å². The molecule has 4 aromatic carbocycles. The minimum absolute atomic E-state index is 0.211. The first kappa shape index (κ1) is 21.7. The highest BCUT2D eigenvalue weighted by atomic mass is 79.9. The van der Waals surface area contributed by atoms with E-state index in [0.29, 0.717) is 5.75 Å². The second-order valence-corrected chi connectivity index (χ2v) is 8.13. The molecular weight excluding hydrogens is 471 g/mol. The number of nitrogens with zero attached hydrogens (tertiary/aromatic N) is 1. The molecule has 0 aliphatic rings. The summed E-state index contributed by atoms with van der Waals surface area (Å²) in [5.41, 5.74) is 5.10. The number of amides is 1. The van der Waals surface area contributed by atoms with Crippen molar-refractivity contribution in [2.24, 2.45) is 5.10 Å². The highest BCUT2D eigenvalue weighted by Gasteiger charge is 2.09. The Hall–Kier alpha value is -3.51. The topological polar surface area (TPSA) is 50.7 Å². The van der Waals surface area contributed by atoms with Gasteiger partial charge in [-0.25, -0.2) is 9.82 Å². The van der Waals surface area contributed by atoms with Gasteiger partial charge in [-0.15, -0.1) is 0 Å². The molecule has 6 heteroatoms. The van der Waals surface area contributed by atoms with Gasteiger partial charge in [0.15, 0.2) is 0 Å². The fourth-order valence-electron chi connectivity index (χ4n) is 3.27. The SMILES string of the molecule is O=C(Cc1ccc(Br)cc1)N/N=C/c1c(OCc2ccc(F)cc2)ccc2ccccc12. The lowest BCUT2D eigenvalue weighted by molar-refractivity contribution is -0.120. The van der Waals surface area contributed by atoms with E-state index in [0.717, 1.165) is 31.9 Å². The van der Waals surface area contributed by atoms with Gasteiger partial charge in [0.25, 0.3) is 0 Å². The molecule has 0 radical (unpaired) electrons. The summed E-state index contributed by atoms with van der Waals surface area (Å²) in [7, 11) is 0. The molecule has 4 rings (SSSR count). The fraction of sp³-hybridized carbons (Fsp3) is 0.0769. The van der Waals surface area contributed by atoms with Crippen LogP contribution in [0.5, 0.6) is 5.75 Å². The number of hydrogen-bond acceptors (Lipinski definition) is 3. The molecule has 0 atom stereocenters. The molecule has 1 N–H and O–H groups in total. The van der Waals surface area contributed by atoms with Crippen LogP contribution in [-0.4, -0.2) is 12.1 Å². The molecular formula is C26H20BrFN2O2. The van der Waals surface area contributed by atoms with Crippen LogP contribution >= 0.6 is 15.9 Å². The first-order valence-electron chi connectivity index (χ1n) is 10.0. The normalized spacial score (nSPS) is 11.1. The maximum absolute atomic E-state index is 13.2. The van der Waals surface area contributed by atoms with Crippen molar-refractivity contribution in [2.45, 2.75) is 13.0 Å². The standard InChI is InChI=1S/C26H20BrFN2O2/c27-21-10-5-18(6-11-21)15-26(31)30-29-16-24-23-4-2-1-3-20(23)9-14-25(24)32-17-19-7-12-22(28)13-8-19/h1-14,16H,15,17H2,(H,30,31)/b29-16+. The van der Waals surface area contributed by atoms with E-state index in [1.807, 2.05) is 60.7 Å². The van der Waals surface area contributed by atoms with Crippen LogP contribution < -0.4 is 10.2 Å². The van der Waals surface area contributed by atoms with Crippen LogP contribution in [-0.2, 0) is 17.8 Å². The Labute approximate surface area is 193 Å². The summed E-state index contributed by atoms with van der Waals surface area (Å²) in [6.45, 7) is 0.287. The number of nitrogens with one attached hydrogen (secondary N) is 1. The van der Waals surface area contributed by atoms with E-state index < -0.39 is 0 Å². The van der Waals surface area contributed by atoms with E-state index in [-0.39, 0.29) is 24.8 Å². The van der Waals surface area contributed by atoms with Crippen molar-refractivity contribution in [1.82, 2.24) is 5.43 Å². The monoisotopic (exact) mass is 490 g/mol. The number of fused-ring (bicyclic) bond motifs is 1. The van der Waals surface area contributed by atoms with Crippen LogP contribution in [0.1, 0.15) is 16.7 Å². The number of carbonyl (C=O) groups excluding carboxylic acids is 1. The van der Waals surface area contributed by atoms with E-state index in [9.17, 15) is 9.18 Å². The molecule has 0 fully saturated rings. The molecule has 0 spiro atoms. The molecule has 0 aromatic heterocycles. The van der Waals surface area contributed by atoms with Crippen molar-refractivity contribution in [3.63, 3.8) is 0 Å². The second-order valence-electron chi connectivity index (χ2n) is 7.21. The summed E-state index contributed by atoms with van der Waals surface area (Å²) in [6, 6.07) is 25.5. The van der Waals surface area contributed by atoms with E-state index in [2.05, 4.69) is 26.5 Å². The molecule has 0 aliphatic heterocycles. The Morgan fingerprint density at radius 3 is 2.44 bits per heavy atom. The van der Waals surface area contributed by atoms with E-state index in [4.69, 9.17) is 4.74 Å². The van der Waals surface area contributed by atoms with Gasteiger partial charge in [0.2, 0.25) is 5.91 Å². The van der Waals surface area contributed by atoms with Crippen molar-refractivity contribution in [3.8, 4) is 5.75 Å². The summed E-state index contributed by atoms with van der Waals surface area (Å²) in [5.74, 6) is 0.127. The molecule has 0 saturated heterocycles. The molecule has 0 heterocycles. The second kappa shape index (κ2) is 10.2. The average Bonchev–Trinajstić information content (AvgIpc) is 2.81. The van der Waals surface area contributed by atoms with Crippen LogP contribution in [0.15, 0.2) is 94.5 Å². The maximum Gasteiger partial charge on any atom is 0.244 e. The number of hydrogen-bond donors (Lipinski definition) is 1. The number of hydrazone groups is 1. The lowest BCUT2D eigenvalue weighted by Crippen LogP contribution is -2.19. The average molecular weight is 491 g/mol. The smallest absolute Gasteiger partial charge is 0.244 e. The summed E-state index contributed by atoms with van der Waals surface area (Å²) in [4.78, 5) is 12.3. The third-order valence-corrected chi connectivity index (χ3v) is 5.43. The minimum atomic E-state index is -0.286. The van der Waals surface area contributed by atoms with Crippen LogP contribution in [0.25, 0.3) is 10.8 Å². The van der Waals surface area contributed by atoms with Crippen molar-refractivity contribution in [3.05, 3.63) is 112 Å². The van der Waals surface area contributed by atoms with Crippen molar-refractivity contribution >= 4 is 38.8 Å². The highest BCUT2D eigenvalue weighted by Crippen LogP contribution is 2.27. The first-order valence-corrected chi connectivity index (χ1v) is 10.8. The Morgan fingerprint density at radius 1 is 0.938 bits per heavy atom. The summed E-state index contributed by atoms with van der Waals surface area (Å²) in [6.07, 6.45) is 1.83. The number of benzene rings is 4. The Bertz CT molecular complexity index is 1260. The number of ether oxygens (including phenoxy) is 1. The van der Waals surface area contributed by atoms with Crippen LogP contribution in [0.4, 0.5) is 4.39 Å². The summed E-state index contributed by atoms with van der Waals surface area (Å²) < 4.78 is 20.1. The number of halogens is 2. The fourth-order valence-corrected chi connectivity index (χ4v) is 3.54. The van der Waals surface area contributed by atoms with E-state index in [1.54, 1.807) is 18.3 Å². The lowest BCUT2D eigenvalue weighted by Gasteiger charge is -2.12. The molecule has 0 aliphatic carbocycles. The third kappa shape index (κ3) is 5.59. The Kier molecular flexibility index (Phi) is 6.92. The zero-order chi connectivity index (χ0) is 22.3. The highest BCUT2D eigenvalue weighted by molar-refractivity contribution is 9.10. The summed E-state index contributed by atoms with van der Waals surface area (Å²) in [5, 5.41) is 6.15. The van der Waals surface area contributed by atoms with E-state index >= 15 is 0 Å². The van der Waals surface area contributed by atoms with Crippen LogP contribution in [0.3, 0.4) is 0 Å². The minimum Gasteiger partial charge on any atom is -0.488 e. The van der Waals surface area contributed by atoms with Crippen molar-refractivity contribution < 1.29 is 13.9 Å². The van der Waals surface area contributed by atoms with Gasteiger partial charge in [0.1, 0.15) is 18.2 Å². The third-order valence-electron chi connectivity index (χ3n) is 4.90. The van der Waals surface area contributed by atoms with Gasteiger partial charge in [-0.2, -0.15) is 5.10 Å². The van der Waals surface area contributed by atoms with Crippen molar-refractivity contribution in [1.29, 1.82) is 0 Å². The molecule has 0 bridgehead atoms. The number of rotatable bonds is 7. The largest absolute Gasteiger partial charge is 0.488 e. The van der Waals surface area contributed by atoms with Gasteiger partial charge < -0.3 is 4.74 Å². The molecule has 160 valence electrons. The molecule has 0 saturated carbocycles. The van der Waals surface area contributed by atoms with Gasteiger partial charge >= 0.3 is 0 Å². The number of carbonyl (C=O) groups is 1. The predicted molar refractivity (Wildman–Crippen MR) is 128 cm³/mol. The molecule has 0 unspecified atom stereocenters. The maximum atomic E-state index is 13.2. The molecule has 1 amide bonds. The zero-order valence-electron chi connectivity index (χ0n) is 17.1. The van der Waals surface area contributed by atoms with Gasteiger partial charge in [0, 0.05) is 10.0 Å². The summed E-state index contributed by atoms with van der Waals surface area (Å²) >= 11 is 3.38. The molecule has 4 nitrogen and oxygen atoms in total.